The van der Waals surface area contributed by atoms with Crippen molar-refractivity contribution in [3.05, 3.63) is 116 Å². The number of carbonyl (C=O) groups excluding carboxylic acids is 1. The number of hydrogen-bond acceptors (Lipinski definition) is 5. The minimum absolute atomic E-state index is 0.000837. The molecule has 0 saturated carbocycles. The molecule has 35 heavy (non-hydrogen) atoms. The molecular formula is C27H24ClFN2O3S. The molecule has 1 N–H and O–H groups in total. The standard InChI is InChI=1S/C27H24ClFN2O3S/c1-18(19-7-3-2-4-8-19)31(27(33)23-9-5-6-10-24(23)29)14-20-13-21(28)11-12-25(20)34-16-26-30-22(15-32)17-35-26/h2-13,17-18,32H,14-16H2,1H3. The van der Waals surface area contributed by atoms with Crippen LogP contribution in [0, 0.1) is 5.82 Å². The number of benzene rings is 3. The SMILES string of the molecule is CC(c1ccccc1)N(Cc1cc(Cl)ccc1OCc1nc(CO)cs1)C(=O)c1ccccc1F. The molecular weight excluding hydrogens is 487 g/mol. The number of rotatable bonds is 9. The van der Waals surface area contributed by atoms with Crippen molar-refractivity contribution < 1.29 is 19.0 Å². The van der Waals surface area contributed by atoms with E-state index >= 15 is 0 Å². The molecule has 1 unspecified atom stereocenters. The summed E-state index contributed by atoms with van der Waals surface area (Å²) in [6.45, 7) is 2.13. The largest absolute Gasteiger partial charge is 0.486 e. The first-order valence-corrected chi connectivity index (χ1v) is 12.3. The maximum atomic E-state index is 14.6. The van der Waals surface area contributed by atoms with E-state index in [-0.39, 0.29) is 31.4 Å². The Morgan fingerprint density at radius 1 is 1.14 bits per heavy atom. The summed E-state index contributed by atoms with van der Waals surface area (Å²) in [5.41, 5.74) is 2.19. The summed E-state index contributed by atoms with van der Waals surface area (Å²) >= 11 is 7.69. The highest BCUT2D eigenvalue weighted by atomic mass is 35.5. The van der Waals surface area contributed by atoms with Crippen molar-refractivity contribution in [2.24, 2.45) is 0 Å². The van der Waals surface area contributed by atoms with E-state index in [1.54, 1.807) is 40.6 Å². The Labute approximate surface area is 212 Å². The molecule has 5 nitrogen and oxygen atoms in total. The van der Waals surface area contributed by atoms with Crippen LogP contribution in [0.15, 0.2) is 78.2 Å². The van der Waals surface area contributed by atoms with Crippen LogP contribution in [0.25, 0.3) is 0 Å². The van der Waals surface area contributed by atoms with E-state index in [4.69, 9.17) is 16.3 Å². The fraction of sp³-hybridized carbons (Fsp3) is 0.185. The predicted molar refractivity (Wildman–Crippen MR) is 135 cm³/mol. The Morgan fingerprint density at radius 3 is 2.60 bits per heavy atom. The molecule has 0 saturated heterocycles. The van der Waals surface area contributed by atoms with Crippen molar-refractivity contribution in [2.45, 2.75) is 32.7 Å². The van der Waals surface area contributed by atoms with E-state index in [0.717, 1.165) is 5.56 Å². The number of aromatic nitrogens is 1. The smallest absolute Gasteiger partial charge is 0.257 e. The summed E-state index contributed by atoms with van der Waals surface area (Å²) in [6.07, 6.45) is 0. The van der Waals surface area contributed by atoms with Crippen LogP contribution in [-0.4, -0.2) is 20.9 Å². The van der Waals surface area contributed by atoms with Gasteiger partial charge in [-0.1, -0.05) is 54.1 Å². The number of carbonyl (C=O) groups is 1. The number of halogens is 2. The van der Waals surface area contributed by atoms with Gasteiger partial charge in [-0.25, -0.2) is 9.37 Å². The molecule has 1 amide bonds. The van der Waals surface area contributed by atoms with Crippen LogP contribution >= 0.6 is 22.9 Å². The van der Waals surface area contributed by atoms with Gasteiger partial charge in [0, 0.05) is 16.0 Å². The number of nitrogens with zero attached hydrogens (tertiary/aromatic N) is 2. The van der Waals surface area contributed by atoms with Gasteiger partial charge in [0.2, 0.25) is 0 Å². The minimum atomic E-state index is -0.575. The number of aliphatic hydroxyl groups excluding tert-OH is 1. The van der Waals surface area contributed by atoms with Crippen molar-refractivity contribution in [1.82, 2.24) is 9.88 Å². The van der Waals surface area contributed by atoms with E-state index in [2.05, 4.69) is 4.98 Å². The fourth-order valence-corrected chi connectivity index (χ4v) is 4.60. The van der Waals surface area contributed by atoms with Gasteiger partial charge in [0.05, 0.1) is 30.5 Å². The number of thiazole rings is 1. The van der Waals surface area contributed by atoms with Gasteiger partial charge in [-0.3, -0.25) is 4.79 Å². The Hall–Kier alpha value is -3.26. The van der Waals surface area contributed by atoms with E-state index in [1.807, 2.05) is 37.3 Å². The van der Waals surface area contributed by atoms with Crippen molar-refractivity contribution >= 4 is 28.8 Å². The Balaban J connectivity index is 1.66. The molecule has 3 aromatic carbocycles. The summed E-state index contributed by atoms with van der Waals surface area (Å²) < 4.78 is 20.6. The van der Waals surface area contributed by atoms with Gasteiger partial charge >= 0.3 is 0 Å². The zero-order valence-electron chi connectivity index (χ0n) is 19.0. The predicted octanol–water partition coefficient (Wildman–Crippen LogP) is 6.41. The van der Waals surface area contributed by atoms with Gasteiger partial charge in [-0.15, -0.1) is 11.3 Å². The Morgan fingerprint density at radius 2 is 1.89 bits per heavy atom. The quantitative estimate of drug-likeness (QED) is 0.282. The average molecular weight is 511 g/mol. The molecule has 1 atom stereocenters. The normalized spacial score (nSPS) is 11.8. The lowest BCUT2D eigenvalue weighted by atomic mass is 10.0. The molecule has 1 heterocycles. The monoisotopic (exact) mass is 510 g/mol. The summed E-state index contributed by atoms with van der Waals surface area (Å²) in [5, 5.41) is 12.2. The zero-order valence-corrected chi connectivity index (χ0v) is 20.6. The third kappa shape index (κ3) is 6.06. The van der Waals surface area contributed by atoms with Gasteiger partial charge in [-0.05, 0) is 42.8 Å². The van der Waals surface area contributed by atoms with E-state index in [0.29, 0.717) is 27.0 Å². The Bertz CT molecular complexity index is 1300. The van der Waals surface area contributed by atoms with Crippen molar-refractivity contribution in [1.29, 1.82) is 0 Å². The van der Waals surface area contributed by atoms with Gasteiger partial charge in [0.1, 0.15) is 23.2 Å². The molecule has 0 radical (unpaired) electrons. The summed E-state index contributed by atoms with van der Waals surface area (Å²) in [4.78, 5) is 19.5. The fourth-order valence-electron chi connectivity index (χ4n) is 3.71. The van der Waals surface area contributed by atoms with Crippen LogP contribution in [0.3, 0.4) is 0 Å². The summed E-state index contributed by atoms with van der Waals surface area (Å²) in [6, 6.07) is 20.4. The maximum absolute atomic E-state index is 14.6. The van der Waals surface area contributed by atoms with Gasteiger partial charge in [0.15, 0.2) is 0 Å². The first-order chi connectivity index (χ1) is 17.0. The second-order valence-corrected chi connectivity index (χ2v) is 9.31. The molecule has 0 bridgehead atoms. The number of hydrogen-bond donors (Lipinski definition) is 1. The number of amides is 1. The van der Waals surface area contributed by atoms with E-state index in [9.17, 15) is 14.3 Å². The summed E-state index contributed by atoms with van der Waals surface area (Å²) in [7, 11) is 0. The van der Waals surface area contributed by atoms with Crippen LogP contribution in [0.1, 0.15) is 45.2 Å². The number of ether oxygens (including phenoxy) is 1. The maximum Gasteiger partial charge on any atom is 0.257 e. The first-order valence-electron chi connectivity index (χ1n) is 11.0. The third-order valence-electron chi connectivity index (χ3n) is 5.59. The molecule has 4 rings (SSSR count). The molecule has 1 aromatic heterocycles. The minimum Gasteiger partial charge on any atom is -0.486 e. The highest BCUT2D eigenvalue weighted by Crippen LogP contribution is 2.31. The average Bonchev–Trinajstić information content (AvgIpc) is 3.35. The molecule has 0 aliphatic rings. The van der Waals surface area contributed by atoms with Crippen molar-refractivity contribution in [2.75, 3.05) is 0 Å². The van der Waals surface area contributed by atoms with Crippen LogP contribution in [0.4, 0.5) is 4.39 Å². The highest BCUT2D eigenvalue weighted by Gasteiger charge is 2.26. The van der Waals surface area contributed by atoms with Crippen LogP contribution in [0.2, 0.25) is 5.02 Å². The van der Waals surface area contributed by atoms with Crippen molar-refractivity contribution in [3.8, 4) is 5.75 Å². The molecule has 180 valence electrons. The second-order valence-electron chi connectivity index (χ2n) is 7.93. The van der Waals surface area contributed by atoms with Crippen LogP contribution in [0.5, 0.6) is 5.75 Å². The Kier molecular flexibility index (Phi) is 8.13. The van der Waals surface area contributed by atoms with Gasteiger partial charge in [0.25, 0.3) is 5.91 Å². The summed E-state index contributed by atoms with van der Waals surface area (Å²) in [5.74, 6) is -0.464. The van der Waals surface area contributed by atoms with Gasteiger partial charge in [-0.2, -0.15) is 0 Å². The lowest BCUT2D eigenvalue weighted by Gasteiger charge is -2.31. The lowest BCUT2D eigenvalue weighted by molar-refractivity contribution is 0.0667. The molecule has 0 aliphatic heterocycles. The highest BCUT2D eigenvalue weighted by molar-refractivity contribution is 7.09. The van der Waals surface area contributed by atoms with Crippen molar-refractivity contribution in [3.63, 3.8) is 0 Å². The lowest BCUT2D eigenvalue weighted by Crippen LogP contribution is -2.34. The third-order valence-corrected chi connectivity index (χ3v) is 6.70. The molecule has 8 heteroatoms. The molecule has 0 aliphatic carbocycles. The second kappa shape index (κ2) is 11.4. The van der Waals surface area contributed by atoms with Gasteiger partial charge < -0.3 is 14.7 Å². The van der Waals surface area contributed by atoms with Crippen LogP contribution < -0.4 is 4.74 Å². The first kappa shape index (κ1) is 24.9. The van der Waals surface area contributed by atoms with Crippen LogP contribution in [-0.2, 0) is 19.8 Å². The molecule has 0 spiro atoms. The molecule has 0 fully saturated rings. The van der Waals surface area contributed by atoms with E-state index < -0.39 is 11.7 Å². The topological polar surface area (TPSA) is 62.7 Å². The number of aliphatic hydroxyl groups is 1. The zero-order chi connectivity index (χ0) is 24.8. The molecule has 4 aromatic rings. The van der Waals surface area contributed by atoms with E-state index in [1.165, 1.54) is 23.5 Å².